The zero-order valence-corrected chi connectivity index (χ0v) is 39.8. The third kappa shape index (κ3) is 38.7. The van der Waals surface area contributed by atoms with Crippen molar-refractivity contribution in [3.05, 3.63) is 93.2 Å². The molecule has 0 saturated carbocycles. The Morgan fingerprint density at radius 1 is 0.458 bits per heavy atom. The van der Waals surface area contributed by atoms with Crippen molar-refractivity contribution < 1.29 is 52.0 Å². The first-order valence-electron chi connectivity index (χ1n) is 21.1. The lowest BCUT2D eigenvalue weighted by Gasteiger charge is -2.20. The Labute approximate surface area is 357 Å². The molecule has 0 aromatic carbocycles. The molecule has 0 saturated heterocycles. The predicted molar refractivity (Wildman–Crippen MR) is 243 cm³/mol. The molecule has 0 bridgehead atoms. The van der Waals surface area contributed by atoms with E-state index < -0.39 is 41.1 Å². The largest absolute Gasteiger partial charge is 0.472 e. The molecule has 0 rings (SSSR count). The second-order valence-electron chi connectivity index (χ2n) is 16.1. The van der Waals surface area contributed by atoms with Crippen LogP contribution in [-0.2, 0) is 32.2 Å². The lowest BCUT2D eigenvalue weighted by molar-refractivity contribution is -0.0313. The maximum absolute atomic E-state index is 12.5. The van der Waals surface area contributed by atoms with Gasteiger partial charge in [0.25, 0.3) is 0 Å². The molecular formula is C46H80O11P2. The highest BCUT2D eigenvalue weighted by molar-refractivity contribution is 7.47. The Kier molecular flexibility index (Phi) is 32.5. The molecule has 0 amide bonds. The molecular weight excluding hydrogens is 790 g/mol. The fourth-order valence-corrected chi connectivity index (χ4v) is 6.63. The Balaban J connectivity index is 5.11. The van der Waals surface area contributed by atoms with Crippen molar-refractivity contribution in [2.75, 3.05) is 39.6 Å². The average Bonchev–Trinajstić information content (AvgIpc) is 3.13. The minimum Gasteiger partial charge on any atom is -0.388 e. The maximum Gasteiger partial charge on any atom is 0.472 e. The van der Waals surface area contributed by atoms with Crippen LogP contribution in [0, 0.1) is 0 Å². The van der Waals surface area contributed by atoms with Crippen molar-refractivity contribution in [1.82, 2.24) is 0 Å². The summed E-state index contributed by atoms with van der Waals surface area (Å²) in [6.45, 7) is 20.2. The van der Waals surface area contributed by atoms with Gasteiger partial charge in [0.2, 0.25) is 0 Å². The van der Waals surface area contributed by atoms with Crippen LogP contribution in [0.2, 0.25) is 0 Å². The van der Waals surface area contributed by atoms with E-state index in [9.17, 15) is 19.1 Å². The Morgan fingerprint density at radius 2 is 0.797 bits per heavy atom. The molecule has 0 aliphatic carbocycles. The number of aliphatic hydroxyl groups excluding tert-OH is 1. The molecule has 0 heterocycles. The Morgan fingerprint density at radius 3 is 1.19 bits per heavy atom. The average molecular weight is 871 g/mol. The van der Waals surface area contributed by atoms with Gasteiger partial charge in [-0.3, -0.25) is 13.6 Å². The van der Waals surface area contributed by atoms with Crippen molar-refractivity contribution in [2.24, 2.45) is 0 Å². The second kappa shape index (κ2) is 33.6. The molecule has 11 nitrogen and oxygen atoms in total. The number of phosphoric acid groups is 2. The molecule has 0 radical (unpaired) electrons. The minimum absolute atomic E-state index is 0.0838. The summed E-state index contributed by atoms with van der Waals surface area (Å²) in [6.07, 6.45) is 27.7. The minimum atomic E-state index is -4.82. The summed E-state index contributed by atoms with van der Waals surface area (Å²) >= 11 is 0. The normalized spacial score (nSPS) is 15.9. The van der Waals surface area contributed by atoms with Gasteiger partial charge in [-0.05, 0) is 146 Å². The third-order valence-electron chi connectivity index (χ3n) is 9.21. The van der Waals surface area contributed by atoms with Crippen LogP contribution in [0.1, 0.15) is 146 Å². The number of allylic oxidation sites excluding steroid dienone is 14. The molecule has 0 aliphatic rings. The van der Waals surface area contributed by atoms with E-state index in [1.165, 1.54) is 39.0 Å². The first kappa shape index (κ1) is 57.0. The molecule has 0 spiro atoms. The number of rotatable bonds is 34. The summed E-state index contributed by atoms with van der Waals surface area (Å²) in [5.41, 5.74) is 10.7. The summed E-state index contributed by atoms with van der Waals surface area (Å²) in [7, 11) is -9.48. The Bertz CT molecular complexity index is 1520. The SMILES string of the molecule is CC(C)=CCC/C(C)=C/CC/C(C)=C/CC/C(C)=C/COC[C@@H](COP(=O)(O)OC[C@H](O)COP(=O)(O)O)OC/C=C(\C)CC/C=C(\C)CC/C=C(\C)CCC=C(C)C. The van der Waals surface area contributed by atoms with Gasteiger partial charge in [-0.25, -0.2) is 9.13 Å². The van der Waals surface area contributed by atoms with Crippen LogP contribution in [0.15, 0.2) is 93.2 Å². The number of ether oxygens (including phenoxy) is 2. The van der Waals surface area contributed by atoms with Crippen molar-refractivity contribution in [3.8, 4) is 0 Å². The first-order chi connectivity index (χ1) is 27.7. The van der Waals surface area contributed by atoms with Crippen LogP contribution in [-0.4, -0.2) is 71.6 Å². The molecule has 59 heavy (non-hydrogen) atoms. The highest BCUT2D eigenvalue weighted by Gasteiger charge is 2.26. The predicted octanol–water partition coefficient (Wildman–Crippen LogP) is 12.3. The van der Waals surface area contributed by atoms with E-state index in [0.717, 1.165) is 82.6 Å². The van der Waals surface area contributed by atoms with E-state index >= 15 is 0 Å². The fourth-order valence-electron chi connectivity index (χ4n) is 5.47. The third-order valence-corrected chi connectivity index (χ3v) is 10.7. The zero-order valence-electron chi connectivity index (χ0n) is 38.0. The summed E-state index contributed by atoms with van der Waals surface area (Å²) in [6, 6.07) is 0. The standard InChI is InChI=1S/C46H80O11P2/c1-37(2)17-11-19-39(5)21-13-23-41(7)25-15-27-43(9)29-31-53-35-46(36-57-59(51,52)56-34-45(47)33-55-58(48,49)50)54-32-30-44(10)28-16-26-42(8)24-14-22-40(6)20-12-18-38(3)4/h17-18,21-22,25-26,29-30,45-47H,11-16,19-20,23-24,27-28,31-36H2,1-10H3,(H,51,52)(H2,48,49,50)/b39-21+,40-22+,41-25+,42-26+,43-29+,44-30+/t45-,46+/m1/s1. The van der Waals surface area contributed by atoms with Crippen LogP contribution < -0.4 is 0 Å². The summed E-state index contributed by atoms with van der Waals surface area (Å²) < 4.78 is 49.4. The number of aliphatic hydroxyl groups is 1. The topological polar surface area (TPSA) is 161 Å². The monoisotopic (exact) mass is 871 g/mol. The van der Waals surface area contributed by atoms with Gasteiger partial charge in [0.1, 0.15) is 12.2 Å². The fraction of sp³-hybridized carbons (Fsp3) is 0.652. The molecule has 0 fully saturated rings. The Hall–Kier alpha value is -1.98. The van der Waals surface area contributed by atoms with E-state index in [-0.39, 0.29) is 19.8 Å². The highest BCUT2D eigenvalue weighted by Crippen LogP contribution is 2.43. The first-order valence-corrected chi connectivity index (χ1v) is 24.1. The lowest BCUT2D eigenvalue weighted by Crippen LogP contribution is -2.26. The van der Waals surface area contributed by atoms with Gasteiger partial charge in [0.05, 0.1) is 39.6 Å². The summed E-state index contributed by atoms with van der Waals surface area (Å²) in [5.74, 6) is 0. The lowest BCUT2D eigenvalue weighted by atomic mass is 10.0. The highest BCUT2D eigenvalue weighted by atomic mass is 31.2. The molecule has 3 atom stereocenters. The van der Waals surface area contributed by atoms with E-state index in [0.29, 0.717) is 6.61 Å². The maximum atomic E-state index is 12.5. The van der Waals surface area contributed by atoms with E-state index in [2.05, 4.69) is 103 Å². The number of phosphoric ester groups is 2. The van der Waals surface area contributed by atoms with Gasteiger partial charge in [0.15, 0.2) is 0 Å². The number of hydrogen-bond donors (Lipinski definition) is 4. The van der Waals surface area contributed by atoms with Gasteiger partial charge < -0.3 is 29.3 Å². The van der Waals surface area contributed by atoms with Gasteiger partial charge in [0, 0.05) is 0 Å². The van der Waals surface area contributed by atoms with E-state index in [1.54, 1.807) is 0 Å². The van der Waals surface area contributed by atoms with Crippen molar-refractivity contribution in [1.29, 1.82) is 0 Å². The number of hydrogen-bond acceptors (Lipinski definition) is 8. The summed E-state index contributed by atoms with van der Waals surface area (Å²) in [4.78, 5) is 27.8. The summed E-state index contributed by atoms with van der Waals surface area (Å²) in [5, 5.41) is 9.82. The van der Waals surface area contributed by atoms with E-state index in [1.807, 2.05) is 19.1 Å². The van der Waals surface area contributed by atoms with Crippen molar-refractivity contribution in [3.63, 3.8) is 0 Å². The molecule has 0 aliphatic heterocycles. The molecule has 0 aromatic rings. The van der Waals surface area contributed by atoms with Crippen LogP contribution in [0.5, 0.6) is 0 Å². The molecule has 0 aromatic heterocycles. The molecule has 340 valence electrons. The van der Waals surface area contributed by atoms with Crippen molar-refractivity contribution in [2.45, 2.75) is 158 Å². The molecule has 13 heteroatoms. The second-order valence-corrected chi connectivity index (χ2v) is 18.8. The van der Waals surface area contributed by atoms with Crippen molar-refractivity contribution >= 4 is 15.6 Å². The van der Waals surface area contributed by atoms with Gasteiger partial charge in [-0.2, -0.15) is 0 Å². The van der Waals surface area contributed by atoms with Crippen LogP contribution in [0.4, 0.5) is 0 Å². The van der Waals surface area contributed by atoms with Gasteiger partial charge in [-0.15, -0.1) is 0 Å². The van der Waals surface area contributed by atoms with E-state index in [4.69, 9.17) is 28.3 Å². The van der Waals surface area contributed by atoms with Gasteiger partial charge >= 0.3 is 15.6 Å². The molecule has 4 N–H and O–H groups in total. The van der Waals surface area contributed by atoms with Crippen LogP contribution >= 0.6 is 15.6 Å². The zero-order chi connectivity index (χ0) is 44.7. The smallest absolute Gasteiger partial charge is 0.388 e. The van der Waals surface area contributed by atoms with Crippen LogP contribution in [0.25, 0.3) is 0 Å². The molecule has 1 unspecified atom stereocenters. The van der Waals surface area contributed by atoms with Gasteiger partial charge in [-0.1, -0.05) is 93.2 Å². The van der Waals surface area contributed by atoms with Crippen LogP contribution in [0.3, 0.4) is 0 Å². The quantitative estimate of drug-likeness (QED) is 0.0277.